The van der Waals surface area contributed by atoms with E-state index >= 15 is 0 Å². The zero-order chi connectivity index (χ0) is 14.7. The van der Waals surface area contributed by atoms with Gasteiger partial charge < -0.3 is 15.4 Å². The van der Waals surface area contributed by atoms with Gasteiger partial charge in [-0.1, -0.05) is 24.9 Å². The summed E-state index contributed by atoms with van der Waals surface area (Å²) in [7, 11) is 1.37. The van der Waals surface area contributed by atoms with Crippen LogP contribution >= 0.6 is 11.6 Å². The van der Waals surface area contributed by atoms with Crippen molar-refractivity contribution in [3.05, 3.63) is 22.7 Å². The Hall–Kier alpha value is -1.42. The van der Waals surface area contributed by atoms with Gasteiger partial charge in [0.25, 0.3) is 0 Å². The Kier molecular flexibility index (Phi) is 4.76. The lowest BCUT2D eigenvalue weighted by molar-refractivity contribution is 0.0601. The van der Waals surface area contributed by atoms with Gasteiger partial charge in [-0.3, -0.25) is 0 Å². The molecule has 1 aliphatic rings. The van der Waals surface area contributed by atoms with Gasteiger partial charge in [-0.05, 0) is 30.9 Å². The molecule has 0 aliphatic carbocycles. The summed E-state index contributed by atoms with van der Waals surface area (Å²) >= 11 is 6.31. The van der Waals surface area contributed by atoms with Gasteiger partial charge in [-0.15, -0.1) is 0 Å². The Bertz CT molecular complexity index is 497. The molecule has 1 aromatic carbocycles. The average molecular weight is 297 g/mol. The third-order valence-electron chi connectivity index (χ3n) is 4.00. The molecule has 0 amide bonds. The van der Waals surface area contributed by atoms with Crippen LogP contribution in [0.1, 0.15) is 36.5 Å². The Labute approximate surface area is 124 Å². The number of rotatable bonds is 3. The number of methoxy groups -OCH3 is 1. The quantitative estimate of drug-likeness (QED) is 0.686. The summed E-state index contributed by atoms with van der Waals surface area (Å²) in [5.74, 6) is 0.368. The minimum Gasteiger partial charge on any atom is -0.465 e. The number of hydrogen-bond acceptors (Lipinski definition) is 4. The first kappa shape index (κ1) is 15.0. The average Bonchev–Trinajstić information content (AvgIpc) is 2.46. The molecule has 1 fully saturated rings. The Morgan fingerprint density at radius 3 is 2.65 bits per heavy atom. The summed E-state index contributed by atoms with van der Waals surface area (Å²) < 4.78 is 4.84. The highest BCUT2D eigenvalue weighted by atomic mass is 35.5. The van der Waals surface area contributed by atoms with Crippen molar-refractivity contribution < 1.29 is 9.53 Å². The van der Waals surface area contributed by atoms with Crippen molar-refractivity contribution in [2.24, 2.45) is 5.92 Å². The highest BCUT2D eigenvalue weighted by molar-refractivity contribution is 6.34. The van der Waals surface area contributed by atoms with Crippen molar-refractivity contribution in [2.45, 2.75) is 26.2 Å². The van der Waals surface area contributed by atoms with Crippen molar-refractivity contribution in [3.63, 3.8) is 0 Å². The molecule has 1 heterocycles. The van der Waals surface area contributed by atoms with Crippen molar-refractivity contribution in [1.82, 2.24) is 0 Å². The van der Waals surface area contributed by atoms with E-state index in [0.29, 0.717) is 16.3 Å². The van der Waals surface area contributed by atoms with Crippen LogP contribution in [0.5, 0.6) is 0 Å². The highest BCUT2D eigenvalue weighted by Crippen LogP contribution is 2.35. The van der Waals surface area contributed by atoms with Crippen molar-refractivity contribution >= 4 is 28.9 Å². The molecule has 2 rings (SSSR count). The maximum atomic E-state index is 11.9. The fraction of sp³-hybridized carbons (Fsp3) is 0.533. The second kappa shape index (κ2) is 6.35. The first-order chi connectivity index (χ1) is 9.56. The number of nitrogens with zero attached hydrogens (tertiary/aromatic N) is 1. The predicted octanol–water partition coefficient (Wildman–Crippen LogP) is 3.34. The number of piperidine rings is 1. The summed E-state index contributed by atoms with van der Waals surface area (Å²) in [5, 5.41) is 0.514. The molecule has 0 unspecified atom stereocenters. The monoisotopic (exact) mass is 296 g/mol. The Morgan fingerprint density at radius 2 is 2.10 bits per heavy atom. The summed E-state index contributed by atoms with van der Waals surface area (Å²) in [4.78, 5) is 14.1. The number of esters is 1. The fourth-order valence-corrected chi connectivity index (χ4v) is 3.12. The summed E-state index contributed by atoms with van der Waals surface area (Å²) in [6.07, 6.45) is 3.45. The van der Waals surface area contributed by atoms with E-state index in [4.69, 9.17) is 22.1 Å². The molecule has 20 heavy (non-hydrogen) atoms. The highest BCUT2D eigenvalue weighted by Gasteiger charge is 2.25. The van der Waals surface area contributed by atoms with Crippen LogP contribution in [0, 0.1) is 5.92 Å². The first-order valence-corrected chi connectivity index (χ1v) is 7.36. The smallest absolute Gasteiger partial charge is 0.340 e. The van der Waals surface area contributed by atoms with Crippen LogP contribution in [-0.4, -0.2) is 26.2 Å². The molecule has 0 atom stereocenters. The van der Waals surface area contributed by atoms with Gasteiger partial charge >= 0.3 is 5.97 Å². The number of benzene rings is 1. The van der Waals surface area contributed by atoms with E-state index in [9.17, 15) is 4.79 Å². The van der Waals surface area contributed by atoms with Crippen molar-refractivity contribution in [2.75, 3.05) is 30.8 Å². The van der Waals surface area contributed by atoms with E-state index < -0.39 is 5.97 Å². The molecule has 1 aliphatic heterocycles. The molecule has 0 radical (unpaired) electrons. The van der Waals surface area contributed by atoms with Crippen molar-refractivity contribution in [3.8, 4) is 0 Å². The maximum Gasteiger partial charge on any atom is 0.340 e. The Balaban J connectivity index is 2.33. The van der Waals surface area contributed by atoms with E-state index in [0.717, 1.165) is 37.5 Å². The number of hydrogen-bond donors (Lipinski definition) is 1. The molecule has 2 N–H and O–H groups in total. The molecule has 0 aromatic heterocycles. The van der Waals surface area contributed by atoms with E-state index in [-0.39, 0.29) is 0 Å². The van der Waals surface area contributed by atoms with Crippen LogP contribution in [0.25, 0.3) is 0 Å². The molecule has 5 heteroatoms. The van der Waals surface area contributed by atoms with Gasteiger partial charge in [0, 0.05) is 18.8 Å². The summed E-state index contributed by atoms with van der Waals surface area (Å²) in [6, 6.07) is 3.33. The largest absolute Gasteiger partial charge is 0.465 e. The van der Waals surface area contributed by atoms with Gasteiger partial charge in [0.05, 0.1) is 23.4 Å². The number of carbonyl (C=O) groups excluding carboxylic acids is 1. The Morgan fingerprint density at radius 1 is 1.45 bits per heavy atom. The summed E-state index contributed by atoms with van der Waals surface area (Å²) in [6.45, 7) is 4.04. The molecule has 110 valence electrons. The molecule has 0 spiro atoms. The SMILES string of the molecule is CCC1CCN(c2c(Cl)cc(N)cc2C(=O)OC)CC1. The van der Waals surface area contributed by atoms with Gasteiger partial charge in [0.1, 0.15) is 0 Å². The van der Waals surface area contributed by atoms with Gasteiger partial charge in [0.2, 0.25) is 0 Å². The van der Waals surface area contributed by atoms with Crippen LogP contribution < -0.4 is 10.6 Å². The van der Waals surface area contributed by atoms with Crippen LogP contribution in [0.3, 0.4) is 0 Å². The lowest BCUT2D eigenvalue weighted by Gasteiger charge is -2.34. The van der Waals surface area contributed by atoms with E-state index in [1.165, 1.54) is 13.5 Å². The number of carbonyl (C=O) groups is 1. The lowest BCUT2D eigenvalue weighted by atomic mass is 9.93. The van der Waals surface area contributed by atoms with Gasteiger partial charge in [-0.2, -0.15) is 0 Å². The topological polar surface area (TPSA) is 55.6 Å². The van der Waals surface area contributed by atoms with Crippen LogP contribution in [0.2, 0.25) is 5.02 Å². The van der Waals surface area contributed by atoms with Crippen molar-refractivity contribution in [1.29, 1.82) is 0 Å². The molecule has 1 aromatic rings. The number of nitrogen functional groups attached to an aromatic ring is 1. The zero-order valence-electron chi connectivity index (χ0n) is 12.0. The van der Waals surface area contributed by atoms with E-state index in [1.54, 1.807) is 12.1 Å². The van der Waals surface area contributed by atoms with Crippen LogP contribution in [0.4, 0.5) is 11.4 Å². The zero-order valence-corrected chi connectivity index (χ0v) is 12.7. The fourth-order valence-electron chi connectivity index (χ4n) is 2.77. The van der Waals surface area contributed by atoms with E-state index in [2.05, 4.69) is 11.8 Å². The molecular weight excluding hydrogens is 276 g/mol. The molecular formula is C15H21ClN2O2. The summed E-state index contributed by atoms with van der Waals surface area (Å²) in [5.41, 5.74) is 7.46. The minimum absolute atomic E-state index is 0.396. The third-order valence-corrected chi connectivity index (χ3v) is 4.29. The third kappa shape index (κ3) is 3.01. The number of halogens is 1. The number of nitrogens with two attached hydrogens (primary N) is 1. The lowest BCUT2D eigenvalue weighted by Crippen LogP contribution is -2.34. The maximum absolute atomic E-state index is 11.9. The van der Waals surface area contributed by atoms with Gasteiger partial charge in [0.15, 0.2) is 0 Å². The first-order valence-electron chi connectivity index (χ1n) is 6.99. The van der Waals surface area contributed by atoms with Crippen LogP contribution in [-0.2, 0) is 4.74 Å². The molecule has 1 saturated heterocycles. The number of anilines is 2. The van der Waals surface area contributed by atoms with E-state index in [1.807, 2.05) is 0 Å². The second-order valence-corrected chi connectivity index (χ2v) is 5.64. The standard InChI is InChI=1S/C15H21ClN2O2/c1-3-10-4-6-18(7-5-10)14-12(15(19)20-2)8-11(17)9-13(14)16/h8-10H,3-7,17H2,1-2H3. The number of ether oxygens (including phenoxy) is 1. The molecule has 0 saturated carbocycles. The van der Waals surface area contributed by atoms with Gasteiger partial charge in [-0.25, -0.2) is 4.79 Å². The minimum atomic E-state index is -0.396. The molecule has 0 bridgehead atoms. The second-order valence-electron chi connectivity index (χ2n) is 5.23. The molecule has 4 nitrogen and oxygen atoms in total. The normalized spacial score (nSPS) is 16.2. The predicted molar refractivity (Wildman–Crippen MR) is 82.4 cm³/mol. The van der Waals surface area contributed by atoms with Crippen LogP contribution in [0.15, 0.2) is 12.1 Å².